The van der Waals surface area contributed by atoms with E-state index in [-0.39, 0.29) is 12.2 Å². The lowest BCUT2D eigenvalue weighted by molar-refractivity contribution is 0.0662. The molecule has 1 atom stereocenters. The Kier molecular flexibility index (Phi) is 7.95. The number of β-amino-alcohol motifs (C(OH)–C–C–N with tert-alkyl or cyclic N) is 1. The Balaban J connectivity index is 1.22. The second-order valence-corrected chi connectivity index (χ2v) is 8.48. The summed E-state index contributed by atoms with van der Waals surface area (Å²) in [6.45, 7) is 3.83. The minimum absolute atomic E-state index is 0.0107. The number of aromatic nitrogens is 1. The van der Waals surface area contributed by atoms with Gasteiger partial charge in [-0.25, -0.2) is 9.37 Å². The molecule has 0 aliphatic carbocycles. The van der Waals surface area contributed by atoms with Crippen LogP contribution in [0.2, 0.25) is 5.02 Å². The summed E-state index contributed by atoms with van der Waals surface area (Å²) in [5.74, 6) is 0.395. The molecule has 0 spiro atoms. The second-order valence-electron chi connectivity index (χ2n) is 8.05. The number of carbonyl (C=O) groups excluding carboxylic acids is 1. The summed E-state index contributed by atoms with van der Waals surface area (Å²) in [5, 5.41) is 13.6. The van der Waals surface area contributed by atoms with Gasteiger partial charge in [-0.15, -0.1) is 0 Å². The van der Waals surface area contributed by atoms with Gasteiger partial charge < -0.3 is 20.1 Å². The Bertz CT molecular complexity index is 1090. The molecule has 7 nitrogen and oxygen atoms in total. The van der Waals surface area contributed by atoms with Crippen LogP contribution in [0.1, 0.15) is 10.4 Å². The molecule has 9 heteroatoms. The number of piperazine rings is 1. The van der Waals surface area contributed by atoms with Crippen molar-refractivity contribution >= 4 is 29.0 Å². The van der Waals surface area contributed by atoms with Gasteiger partial charge >= 0.3 is 0 Å². The van der Waals surface area contributed by atoms with Crippen LogP contribution in [0, 0.1) is 5.82 Å². The number of rotatable bonds is 8. The number of pyridine rings is 1. The zero-order valence-corrected chi connectivity index (χ0v) is 19.3. The Labute approximate surface area is 202 Å². The van der Waals surface area contributed by atoms with Gasteiger partial charge in [-0.05, 0) is 48.5 Å². The van der Waals surface area contributed by atoms with Crippen LogP contribution in [-0.4, -0.2) is 66.3 Å². The number of nitrogens with one attached hydrogen (secondary N) is 1. The quantitative estimate of drug-likeness (QED) is 0.508. The van der Waals surface area contributed by atoms with E-state index in [1.54, 1.807) is 42.6 Å². The molecule has 2 N–H and O–H groups in total. The first-order chi connectivity index (χ1) is 16.5. The maximum Gasteiger partial charge on any atom is 0.258 e. The molecule has 1 amide bonds. The number of hydrogen-bond acceptors (Lipinski definition) is 6. The summed E-state index contributed by atoms with van der Waals surface area (Å²) in [7, 11) is 0. The first kappa shape index (κ1) is 23.9. The Morgan fingerprint density at radius 2 is 1.82 bits per heavy atom. The van der Waals surface area contributed by atoms with Crippen LogP contribution in [0.3, 0.4) is 0 Å². The first-order valence-corrected chi connectivity index (χ1v) is 11.4. The third kappa shape index (κ3) is 6.44. The van der Waals surface area contributed by atoms with Gasteiger partial charge in [0.05, 0.1) is 17.4 Å². The summed E-state index contributed by atoms with van der Waals surface area (Å²) >= 11 is 5.87. The number of benzene rings is 2. The van der Waals surface area contributed by atoms with E-state index < -0.39 is 17.8 Å². The molecule has 0 bridgehead atoms. The molecule has 2 heterocycles. The van der Waals surface area contributed by atoms with E-state index in [4.69, 9.17) is 16.3 Å². The lowest BCUT2D eigenvalue weighted by Crippen LogP contribution is -2.49. The fourth-order valence-corrected chi connectivity index (χ4v) is 3.85. The van der Waals surface area contributed by atoms with Crippen molar-refractivity contribution < 1.29 is 19.0 Å². The zero-order chi connectivity index (χ0) is 23.9. The van der Waals surface area contributed by atoms with Crippen molar-refractivity contribution in [1.82, 2.24) is 9.88 Å². The van der Waals surface area contributed by atoms with Gasteiger partial charge in [-0.2, -0.15) is 0 Å². The Morgan fingerprint density at radius 3 is 2.50 bits per heavy atom. The topological polar surface area (TPSA) is 77.9 Å². The third-order valence-electron chi connectivity index (χ3n) is 5.55. The van der Waals surface area contributed by atoms with E-state index in [9.17, 15) is 14.3 Å². The molecule has 1 aromatic heterocycles. The van der Waals surface area contributed by atoms with Crippen LogP contribution in [0.5, 0.6) is 5.75 Å². The maximum absolute atomic E-state index is 13.8. The second kappa shape index (κ2) is 11.3. The van der Waals surface area contributed by atoms with Crippen molar-refractivity contribution in [3.8, 4) is 5.75 Å². The number of nitrogens with zero attached hydrogens (tertiary/aromatic N) is 3. The molecule has 1 aliphatic rings. The predicted octanol–water partition coefficient (Wildman–Crippen LogP) is 3.69. The third-order valence-corrected chi connectivity index (χ3v) is 5.80. The van der Waals surface area contributed by atoms with E-state index in [0.717, 1.165) is 32.0 Å². The van der Waals surface area contributed by atoms with Gasteiger partial charge in [0.1, 0.15) is 30.1 Å². The van der Waals surface area contributed by atoms with E-state index in [1.165, 1.54) is 18.2 Å². The number of hydrogen-bond donors (Lipinski definition) is 2. The van der Waals surface area contributed by atoms with Crippen molar-refractivity contribution in [1.29, 1.82) is 0 Å². The summed E-state index contributed by atoms with van der Waals surface area (Å²) in [6.07, 6.45) is 0.968. The van der Waals surface area contributed by atoms with Crippen LogP contribution < -0.4 is 15.0 Å². The van der Waals surface area contributed by atoms with E-state index in [1.807, 2.05) is 6.07 Å². The van der Waals surface area contributed by atoms with Crippen molar-refractivity contribution in [3.05, 3.63) is 83.3 Å². The van der Waals surface area contributed by atoms with Crippen molar-refractivity contribution in [3.63, 3.8) is 0 Å². The molecule has 0 radical (unpaired) electrons. The molecule has 3 aromatic rings. The standard InChI is InChI=1S/C25H26ClFN4O3/c26-18-5-8-21(9-6-18)34-17-20(32)16-30-11-13-31(14-12-30)24-10-7-19(15-28-24)29-25(33)22-3-1-2-4-23(22)27/h1-10,15,20,32H,11-14,16-17H2,(H,29,33). The van der Waals surface area contributed by atoms with Gasteiger partial charge in [0.25, 0.3) is 5.91 Å². The molecular formula is C25H26ClFN4O3. The fourth-order valence-electron chi connectivity index (χ4n) is 3.72. The Hall–Kier alpha value is -3.20. The largest absolute Gasteiger partial charge is 0.491 e. The lowest BCUT2D eigenvalue weighted by Gasteiger charge is -2.36. The van der Waals surface area contributed by atoms with Crippen LogP contribution >= 0.6 is 11.6 Å². The van der Waals surface area contributed by atoms with Crippen LogP contribution in [0.25, 0.3) is 0 Å². The number of carbonyl (C=O) groups is 1. The SMILES string of the molecule is O=C(Nc1ccc(N2CCN(CC(O)COc3ccc(Cl)cc3)CC2)nc1)c1ccccc1F. The molecule has 1 fully saturated rings. The average molecular weight is 485 g/mol. The molecule has 1 unspecified atom stereocenters. The maximum atomic E-state index is 13.8. The number of halogens is 2. The van der Waals surface area contributed by atoms with Gasteiger partial charge in [-0.1, -0.05) is 23.7 Å². The van der Waals surface area contributed by atoms with Gasteiger partial charge in [0.2, 0.25) is 0 Å². The number of ether oxygens (including phenoxy) is 1. The van der Waals surface area contributed by atoms with Gasteiger partial charge in [0.15, 0.2) is 0 Å². The summed E-state index contributed by atoms with van der Waals surface area (Å²) in [4.78, 5) is 21.0. The van der Waals surface area contributed by atoms with E-state index in [0.29, 0.717) is 23.0 Å². The fraction of sp³-hybridized carbons (Fsp3) is 0.280. The van der Waals surface area contributed by atoms with Crippen molar-refractivity contribution in [2.45, 2.75) is 6.10 Å². The normalized spacial score (nSPS) is 15.1. The highest BCUT2D eigenvalue weighted by Gasteiger charge is 2.20. The number of anilines is 2. The number of aliphatic hydroxyl groups excluding tert-OH is 1. The van der Waals surface area contributed by atoms with E-state index in [2.05, 4.69) is 20.1 Å². The first-order valence-electron chi connectivity index (χ1n) is 11.0. The van der Waals surface area contributed by atoms with Gasteiger partial charge in [-0.3, -0.25) is 9.69 Å². The highest BCUT2D eigenvalue weighted by molar-refractivity contribution is 6.30. The molecule has 2 aromatic carbocycles. The smallest absolute Gasteiger partial charge is 0.258 e. The van der Waals surface area contributed by atoms with Crippen molar-refractivity contribution in [2.75, 3.05) is 49.5 Å². The molecule has 4 rings (SSSR count). The average Bonchev–Trinajstić information content (AvgIpc) is 2.85. The lowest BCUT2D eigenvalue weighted by atomic mass is 10.2. The molecule has 178 valence electrons. The van der Waals surface area contributed by atoms with Crippen LogP contribution in [-0.2, 0) is 0 Å². The molecular weight excluding hydrogens is 459 g/mol. The van der Waals surface area contributed by atoms with Crippen molar-refractivity contribution in [2.24, 2.45) is 0 Å². The summed E-state index contributed by atoms with van der Waals surface area (Å²) < 4.78 is 19.4. The summed E-state index contributed by atoms with van der Waals surface area (Å²) in [5.41, 5.74) is 0.489. The minimum Gasteiger partial charge on any atom is -0.491 e. The molecule has 0 saturated carbocycles. The molecule has 1 aliphatic heterocycles. The predicted molar refractivity (Wildman–Crippen MR) is 130 cm³/mol. The Morgan fingerprint density at radius 1 is 1.09 bits per heavy atom. The van der Waals surface area contributed by atoms with Gasteiger partial charge in [0, 0.05) is 37.7 Å². The van der Waals surface area contributed by atoms with Crippen LogP contribution in [0.4, 0.5) is 15.9 Å². The highest BCUT2D eigenvalue weighted by Crippen LogP contribution is 2.18. The highest BCUT2D eigenvalue weighted by atomic mass is 35.5. The molecule has 1 saturated heterocycles. The number of aliphatic hydroxyl groups is 1. The zero-order valence-electron chi connectivity index (χ0n) is 18.5. The van der Waals surface area contributed by atoms with E-state index >= 15 is 0 Å². The minimum atomic E-state index is -0.599. The van der Waals surface area contributed by atoms with Crippen LogP contribution in [0.15, 0.2) is 66.9 Å². The monoisotopic (exact) mass is 484 g/mol. The number of amides is 1. The molecule has 34 heavy (non-hydrogen) atoms. The summed E-state index contributed by atoms with van der Waals surface area (Å²) in [6, 6.07) is 16.5.